The van der Waals surface area contributed by atoms with Crippen LogP contribution in [0.25, 0.3) is 0 Å². The van der Waals surface area contributed by atoms with Crippen molar-refractivity contribution in [1.29, 1.82) is 0 Å². The minimum atomic E-state index is -0.490. The highest BCUT2D eigenvalue weighted by atomic mass is 32.1. The molecule has 1 unspecified atom stereocenters. The average Bonchev–Trinajstić information content (AvgIpc) is 2.23. The number of hydrogen-bond acceptors (Lipinski definition) is 4. The molecule has 1 atom stereocenters. The van der Waals surface area contributed by atoms with Gasteiger partial charge in [0.2, 0.25) is 12.0 Å². The highest BCUT2D eigenvalue weighted by Crippen LogP contribution is 2.18. The molecule has 0 fully saturated rings. The van der Waals surface area contributed by atoms with Crippen molar-refractivity contribution < 1.29 is 9.37 Å². The van der Waals surface area contributed by atoms with Gasteiger partial charge in [0.25, 0.3) is 0 Å². The zero-order valence-corrected chi connectivity index (χ0v) is 10.5. The maximum atomic E-state index is 11.9. The van der Waals surface area contributed by atoms with E-state index in [1.165, 1.54) is 6.21 Å². The van der Waals surface area contributed by atoms with Gasteiger partial charge in [-0.2, -0.15) is 0 Å². The zero-order valence-electron chi connectivity index (χ0n) is 9.70. The van der Waals surface area contributed by atoms with Gasteiger partial charge in [0.15, 0.2) is 5.70 Å². The van der Waals surface area contributed by atoms with Crippen LogP contribution in [0, 0.1) is 5.92 Å². The summed E-state index contributed by atoms with van der Waals surface area (Å²) in [7, 11) is 1.80. The van der Waals surface area contributed by atoms with E-state index >= 15 is 0 Å². The first-order chi connectivity index (χ1) is 7.52. The first-order valence-corrected chi connectivity index (χ1v) is 5.50. The van der Waals surface area contributed by atoms with Crippen molar-refractivity contribution in [1.82, 2.24) is 10.7 Å². The summed E-state index contributed by atoms with van der Waals surface area (Å²) in [5, 5.41) is 2.99. The van der Waals surface area contributed by atoms with Crippen LogP contribution in [-0.4, -0.2) is 35.2 Å². The molecule has 0 amide bonds. The summed E-state index contributed by atoms with van der Waals surface area (Å²) in [5.74, 6) is 4.90. The molecule has 88 valence electrons. The van der Waals surface area contributed by atoms with Crippen LogP contribution in [0.15, 0.2) is 11.4 Å². The monoisotopic (exact) mass is 241 g/mol. The quantitative estimate of drug-likeness (QED) is 0.270. The normalized spacial score (nSPS) is 20.6. The van der Waals surface area contributed by atoms with Gasteiger partial charge in [-0.1, -0.05) is 12.2 Å². The van der Waals surface area contributed by atoms with Crippen LogP contribution in [-0.2, 0) is 4.79 Å². The van der Waals surface area contributed by atoms with Crippen LogP contribution < -0.4 is 16.6 Å². The van der Waals surface area contributed by atoms with Crippen molar-refractivity contribution in [2.24, 2.45) is 11.8 Å². The lowest BCUT2D eigenvalue weighted by molar-refractivity contribution is -0.440. The Kier molecular flexibility index (Phi) is 4.14. The number of Topliss-reactive ketones (excluding diaryl/α,β-unsaturated/α-hetero) is 1. The maximum absolute atomic E-state index is 11.9. The molecule has 0 radical (unpaired) electrons. The van der Waals surface area contributed by atoms with E-state index in [2.05, 4.69) is 10.7 Å². The summed E-state index contributed by atoms with van der Waals surface area (Å²) < 4.78 is 1.74. The standard InChI is InChI=1S/C10H16N4OS/c1-4-12-10(16)8-7(15)5-14(3)6(2)9(8)13-11/h5,8,11H,4H2,1-3H3,(H2,12,15,16)/p+1. The molecule has 0 aromatic carbocycles. The summed E-state index contributed by atoms with van der Waals surface area (Å²) in [6.45, 7) is 4.51. The van der Waals surface area contributed by atoms with Gasteiger partial charge in [-0.15, -0.1) is 0 Å². The second-order valence-corrected chi connectivity index (χ2v) is 4.05. The molecule has 0 aromatic heterocycles. The van der Waals surface area contributed by atoms with E-state index in [1.807, 2.05) is 13.8 Å². The van der Waals surface area contributed by atoms with Gasteiger partial charge in [0.1, 0.15) is 18.7 Å². The molecule has 16 heavy (non-hydrogen) atoms. The summed E-state index contributed by atoms with van der Waals surface area (Å²) in [5.41, 5.74) is 4.12. The van der Waals surface area contributed by atoms with Crippen molar-refractivity contribution in [3.8, 4) is 0 Å². The molecule has 0 aliphatic carbocycles. The second kappa shape index (κ2) is 5.18. The topological polar surface area (TPSA) is 70.2 Å². The molecular weight excluding hydrogens is 224 g/mol. The van der Waals surface area contributed by atoms with Crippen LogP contribution in [0.3, 0.4) is 0 Å². The van der Waals surface area contributed by atoms with Crippen molar-refractivity contribution in [2.75, 3.05) is 13.6 Å². The third-order valence-electron chi connectivity index (χ3n) is 2.58. The Morgan fingerprint density at radius 2 is 2.31 bits per heavy atom. The average molecular weight is 241 g/mol. The molecule has 0 saturated heterocycles. The number of hydrazine groups is 1. The fourth-order valence-corrected chi connectivity index (χ4v) is 2.01. The molecule has 0 bridgehead atoms. The number of thiocarbonyl (C=S) groups is 1. The maximum Gasteiger partial charge on any atom is 0.234 e. The Balaban J connectivity index is 3.10. The van der Waals surface area contributed by atoms with Gasteiger partial charge >= 0.3 is 0 Å². The molecule has 6 heteroatoms. The van der Waals surface area contributed by atoms with Crippen LogP contribution in [0.2, 0.25) is 0 Å². The second-order valence-electron chi connectivity index (χ2n) is 3.61. The Labute approximate surface area is 100 Å². The minimum Gasteiger partial charge on any atom is -0.379 e. The number of hydrogen-bond donors (Lipinski definition) is 3. The number of carbonyl (C=O) groups excluding carboxylic acids is 1. The zero-order chi connectivity index (χ0) is 12.3. The summed E-state index contributed by atoms with van der Waals surface area (Å²) in [6, 6.07) is 0. The Morgan fingerprint density at radius 1 is 1.69 bits per heavy atom. The number of allylic oxidation sites excluding steroid dienone is 1. The molecule has 0 aromatic rings. The highest BCUT2D eigenvalue weighted by molar-refractivity contribution is 7.80. The summed E-state index contributed by atoms with van der Waals surface area (Å²) >= 11 is 5.18. The molecule has 0 saturated carbocycles. The van der Waals surface area contributed by atoms with Crippen LogP contribution in [0.1, 0.15) is 13.8 Å². The lowest BCUT2D eigenvalue weighted by atomic mass is 9.96. The van der Waals surface area contributed by atoms with Crippen molar-refractivity contribution >= 4 is 29.2 Å². The number of nitrogens with one attached hydrogen (secondary N) is 2. The van der Waals surface area contributed by atoms with Crippen LogP contribution in [0.5, 0.6) is 0 Å². The van der Waals surface area contributed by atoms with Gasteiger partial charge in [0, 0.05) is 13.5 Å². The molecule has 1 aliphatic heterocycles. The fraction of sp³-hybridized carbons (Fsp3) is 0.500. The number of rotatable bonds is 3. The summed E-state index contributed by atoms with van der Waals surface area (Å²) in [4.78, 5) is 12.4. The van der Waals surface area contributed by atoms with E-state index in [9.17, 15) is 4.79 Å². The largest absolute Gasteiger partial charge is 0.379 e. The van der Waals surface area contributed by atoms with Crippen molar-refractivity contribution in [3.63, 3.8) is 0 Å². The predicted molar refractivity (Wildman–Crippen MR) is 67.0 cm³/mol. The third-order valence-corrected chi connectivity index (χ3v) is 2.96. The SMILES string of the molecule is CCNC(=S)C1C(=O)C=[N+](C)C(C)=C1NN. The molecule has 0 spiro atoms. The molecule has 1 aliphatic rings. The third kappa shape index (κ3) is 2.28. The molecule has 4 N–H and O–H groups in total. The number of nitrogens with zero attached hydrogens (tertiary/aromatic N) is 1. The van der Waals surface area contributed by atoms with Gasteiger partial charge < -0.3 is 10.7 Å². The van der Waals surface area contributed by atoms with E-state index < -0.39 is 5.92 Å². The van der Waals surface area contributed by atoms with E-state index in [4.69, 9.17) is 18.1 Å². The van der Waals surface area contributed by atoms with Gasteiger partial charge in [-0.05, 0) is 6.92 Å². The Hall–Kier alpha value is -1.27. The summed E-state index contributed by atoms with van der Waals surface area (Å²) in [6.07, 6.45) is 1.53. The van der Waals surface area contributed by atoms with E-state index in [0.29, 0.717) is 17.2 Å². The number of ketones is 1. The molecular formula is C10H17N4OS+. The molecule has 1 heterocycles. The van der Waals surface area contributed by atoms with Gasteiger partial charge in [-0.25, -0.2) is 4.58 Å². The Morgan fingerprint density at radius 3 is 2.81 bits per heavy atom. The highest BCUT2D eigenvalue weighted by Gasteiger charge is 2.35. The predicted octanol–water partition coefficient (Wildman–Crippen LogP) is -0.470. The fourth-order valence-electron chi connectivity index (χ4n) is 1.63. The molecule has 1 rings (SSSR count). The van der Waals surface area contributed by atoms with E-state index in [1.54, 1.807) is 11.6 Å². The number of carbonyl (C=O) groups is 1. The lowest BCUT2D eigenvalue weighted by Gasteiger charge is -2.21. The molecule has 5 nitrogen and oxygen atoms in total. The van der Waals surface area contributed by atoms with E-state index in [0.717, 1.165) is 5.70 Å². The van der Waals surface area contributed by atoms with Crippen molar-refractivity contribution in [3.05, 3.63) is 11.4 Å². The first kappa shape index (κ1) is 12.8. The number of nitrogens with two attached hydrogens (primary N) is 1. The van der Waals surface area contributed by atoms with Gasteiger partial charge in [-0.3, -0.25) is 10.6 Å². The minimum absolute atomic E-state index is 0.0630. The van der Waals surface area contributed by atoms with Crippen LogP contribution in [0.4, 0.5) is 0 Å². The van der Waals surface area contributed by atoms with Gasteiger partial charge in [0.05, 0.1) is 4.99 Å². The van der Waals surface area contributed by atoms with Crippen LogP contribution >= 0.6 is 12.2 Å². The Bertz CT molecular complexity index is 386. The first-order valence-electron chi connectivity index (χ1n) is 5.09. The van der Waals surface area contributed by atoms with E-state index in [-0.39, 0.29) is 5.78 Å². The lowest BCUT2D eigenvalue weighted by Crippen LogP contribution is -2.45. The smallest absolute Gasteiger partial charge is 0.234 e. The van der Waals surface area contributed by atoms with Crippen molar-refractivity contribution in [2.45, 2.75) is 13.8 Å².